The van der Waals surface area contributed by atoms with Crippen LogP contribution in [0.1, 0.15) is 50.6 Å². The molecule has 2 aliphatic carbocycles. The molecular weight excluding hydrogens is 242 g/mol. The molecule has 0 saturated heterocycles. The first kappa shape index (κ1) is 12.5. The smallest absolute Gasteiger partial charge is 0.0406 e. The fraction of sp³-hybridized carbons (Fsp3) is 0.625. The van der Waals surface area contributed by atoms with Gasteiger partial charge >= 0.3 is 0 Å². The minimum atomic E-state index is 0.541. The van der Waals surface area contributed by atoms with E-state index in [1.165, 1.54) is 37.7 Å². The number of rotatable bonds is 5. The van der Waals surface area contributed by atoms with Gasteiger partial charge in [-0.15, -0.1) is 0 Å². The molecule has 0 bridgehead atoms. The van der Waals surface area contributed by atoms with E-state index < -0.39 is 0 Å². The van der Waals surface area contributed by atoms with Crippen LogP contribution in [0.25, 0.3) is 0 Å². The zero-order valence-corrected chi connectivity index (χ0v) is 11.8. The van der Waals surface area contributed by atoms with Gasteiger partial charge in [-0.3, -0.25) is 0 Å². The van der Waals surface area contributed by atoms with Crippen molar-refractivity contribution in [2.24, 2.45) is 11.3 Å². The normalized spacial score (nSPS) is 23.4. The third-order valence-corrected chi connectivity index (χ3v) is 4.88. The highest BCUT2D eigenvalue weighted by atomic mass is 35.5. The molecule has 98 valence electrons. The van der Waals surface area contributed by atoms with E-state index in [4.69, 9.17) is 11.6 Å². The van der Waals surface area contributed by atoms with Crippen molar-refractivity contribution in [1.29, 1.82) is 0 Å². The van der Waals surface area contributed by atoms with E-state index >= 15 is 0 Å². The van der Waals surface area contributed by atoms with E-state index in [1.807, 2.05) is 12.1 Å². The molecule has 2 fully saturated rings. The molecule has 0 heterocycles. The number of hydrogen-bond donors (Lipinski definition) is 1. The maximum absolute atomic E-state index is 5.97. The van der Waals surface area contributed by atoms with Crippen LogP contribution in [0.2, 0.25) is 5.02 Å². The Kier molecular flexibility index (Phi) is 3.38. The first-order chi connectivity index (χ1) is 8.66. The Morgan fingerprint density at radius 1 is 1.28 bits per heavy atom. The summed E-state index contributed by atoms with van der Waals surface area (Å²) in [5.41, 5.74) is 1.96. The Bertz CT molecular complexity index is 404. The second-order valence-electron chi connectivity index (χ2n) is 6.41. The lowest BCUT2D eigenvalue weighted by Crippen LogP contribution is -2.39. The van der Waals surface area contributed by atoms with Gasteiger partial charge in [0.2, 0.25) is 0 Å². The molecule has 1 atom stereocenters. The summed E-state index contributed by atoms with van der Waals surface area (Å²) in [4.78, 5) is 0. The Balaban J connectivity index is 1.66. The van der Waals surface area contributed by atoms with Crippen molar-refractivity contribution in [2.45, 2.75) is 45.1 Å². The maximum atomic E-state index is 5.97. The van der Waals surface area contributed by atoms with E-state index in [9.17, 15) is 0 Å². The van der Waals surface area contributed by atoms with Gasteiger partial charge in [0.05, 0.1) is 0 Å². The molecule has 1 aromatic carbocycles. The van der Waals surface area contributed by atoms with Crippen LogP contribution >= 0.6 is 11.6 Å². The SMILES string of the molecule is CC1(CNC(c2ccc(Cl)cc2)C2CC2)CCC1. The fourth-order valence-corrected chi connectivity index (χ4v) is 3.10. The van der Waals surface area contributed by atoms with E-state index in [-0.39, 0.29) is 0 Å². The molecule has 2 aliphatic rings. The van der Waals surface area contributed by atoms with Crippen LogP contribution in [0, 0.1) is 11.3 Å². The molecule has 1 N–H and O–H groups in total. The average molecular weight is 264 g/mol. The molecule has 0 aromatic heterocycles. The van der Waals surface area contributed by atoms with Crippen molar-refractivity contribution in [2.75, 3.05) is 6.54 Å². The second kappa shape index (κ2) is 4.86. The molecule has 1 unspecified atom stereocenters. The van der Waals surface area contributed by atoms with Crippen molar-refractivity contribution < 1.29 is 0 Å². The predicted molar refractivity (Wildman–Crippen MR) is 76.9 cm³/mol. The molecule has 0 radical (unpaired) electrons. The fourth-order valence-electron chi connectivity index (χ4n) is 2.97. The quantitative estimate of drug-likeness (QED) is 0.821. The predicted octanol–water partition coefficient (Wildman–Crippen LogP) is 4.57. The molecule has 3 rings (SSSR count). The lowest BCUT2D eigenvalue weighted by atomic mass is 9.70. The summed E-state index contributed by atoms with van der Waals surface area (Å²) >= 11 is 5.97. The van der Waals surface area contributed by atoms with Gasteiger partial charge in [-0.1, -0.05) is 37.1 Å². The van der Waals surface area contributed by atoms with Crippen LogP contribution in [0.3, 0.4) is 0 Å². The summed E-state index contributed by atoms with van der Waals surface area (Å²) < 4.78 is 0. The second-order valence-corrected chi connectivity index (χ2v) is 6.85. The zero-order valence-electron chi connectivity index (χ0n) is 11.1. The van der Waals surface area contributed by atoms with Crippen molar-refractivity contribution >= 4 is 11.6 Å². The van der Waals surface area contributed by atoms with E-state index in [2.05, 4.69) is 24.4 Å². The molecule has 2 saturated carbocycles. The molecule has 0 aliphatic heterocycles. The largest absolute Gasteiger partial charge is 0.309 e. The number of halogens is 1. The molecule has 0 amide bonds. The van der Waals surface area contributed by atoms with Crippen LogP contribution in [-0.2, 0) is 0 Å². The molecule has 0 spiro atoms. The van der Waals surface area contributed by atoms with E-state index in [1.54, 1.807) is 0 Å². The average Bonchev–Trinajstić information content (AvgIpc) is 3.14. The third kappa shape index (κ3) is 2.73. The van der Waals surface area contributed by atoms with Gasteiger partial charge in [0.1, 0.15) is 0 Å². The van der Waals surface area contributed by atoms with Gasteiger partial charge in [0, 0.05) is 17.6 Å². The van der Waals surface area contributed by atoms with Crippen LogP contribution in [0.4, 0.5) is 0 Å². The summed E-state index contributed by atoms with van der Waals surface area (Å²) in [5.74, 6) is 0.842. The Morgan fingerprint density at radius 2 is 1.94 bits per heavy atom. The third-order valence-electron chi connectivity index (χ3n) is 4.63. The minimum Gasteiger partial charge on any atom is -0.309 e. The van der Waals surface area contributed by atoms with Gasteiger partial charge in [0.15, 0.2) is 0 Å². The highest BCUT2D eigenvalue weighted by Gasteiger charge is 2.36. The van der Waals surface area contributed by atoms with Gasteiger partial charge in [-0.25, -0.2) is 0 Å². The molecule has 18 heavy (non-hydrogen) atoms. The van der Waals surface area contributed by atoms with Crippen LogP contribution in [0.15, 0.2) is 24.3 Å². The lowest BCUT2D eigenvalue weighted by Gasteiger charge is -2.40. The Labute approximate surface area is 115 Å². The summed E-state index contributed by atoms with van der Waals surface area (Å²) in [6, 6.07) is 8.93. The lowest BCUT2D eigenvalue weighted by molar-refractivity contribution is 0.148. The summed E-state index contributed by atoms with van der Waals surface area (Å²) in [6.45, 7) is 3.58. The molecular formula is C16H22ClN. The van der Waals surface area contributed by atoms with Crippen molar-refractivity contribution in [1.82, 2.24) is 5.32 Å². The van der Waals surface area contributed by atoms with Gasteiger partial charge in [0.25, 0.3) is 0 Å². The number of nitrogens with one attached hydrogen (secondary N) is 1. The first-order valence-corrected chi connectivity index (χ1v) is 7.53. The van der Waals surface area contributed by atoms with Crippen molar-refractivity contribution in [3.05, 3.63) is 34.9 Å². The van der Waals surface area contributed by atoms with Gasteiger partial charge in [-0.2, -0.15) is 0 Å². The summed E-state index contributed by atoms with van der Waals surface area (Å²) in [5, 5.41) is 4.65. The molecule has 2 heteroatoms. The minimum absolute atomic E-state index is 0.541. The molecule has 1 aromatic rings. The zero-order chi connectivity index (χ0) is 12.6. The number of hydrogen-bond acceptors (Lipinski definition) is 1. The maximum Gasteiger partial charge on any atom is 0.0406 e. The highest BCUT2D eigenvalue weighted by molar-refractivity contribution is 6.30. The van der Waals surface area contributed by atoms with Gasteiger partial charge < -0.3 is 5.32 Å². The Hall–Kier alpha value is -0.530. The van der Waals surface area contributed by atoms with E-state index in [0.717, 1.165) is 17.5 Å². The monoisotopic (exact) mass is 263 g/mol. The topological polar surface area (TPSA) is 12.0 Å². The highest BCUT2D eigenvalue weighted by Crippen LogP contribution is 2.44. The number of benzene rings is 1. The van der Waals surface area contributed by atoms with E-state index in [0.29, 0.717) is 11.5 Å². The van der Waals surface area contributed by atoms with Gasteiger partial charge in [-0.05, 0) is 54.7 Å². The van der Waals surface area contributed by atoms with Crippen LogP contribution in [-0.4, -0.2) is 6.54 Å². The van der Waals surface area contributed by atoms with Crippen molar-refractivity contribution in [3.8, 4) is 0 Å². The summed E-state index contributed by atoms with van der Waals surface area (Å²) in [7, 11) is 0. The van der Waals surface area contributed by atoms with Crippen LogP contribution < -0.4 is 5.32 Å². The molecule has 1 nitrogen and oxygen atoms in total. The Morgan fingerprint density at radius 3 is 2.44 bits per heavy atom. The summed E-state index contributed by atoms with van der Waals surface area (Å²) in [6.07, 6.45) is 6.93. The standard InChI is InChI=1S/C16H22ClN/c1-16(9-2-10-16)11-18-15(12-3-4-12)13-5-7-14(17)8-6-13/h5-8,12,15,18H,2-4,9-11H2,1H3. The van der Waals surface area contributed by atoms with Crippen molar-refractivity contribution in [3.63, 3.8) is 0 Å². The van der Waals surface area contributed by atoms with Crippen LogP contribution in [0.5, 0.6) is 0 Å². The first-order valence-electron chi connectivity index (χ1n) is 7.15.